The first-order chi connectivity index (χ1) is 9.36. The molecule has 0 heterocycles. The highest BCUT2D eigenvalue weighted by Crippen LogP contribution is 2.33. The van der Waals surface area contributed by atoms with E-state index in [4.69, 9.17) is 0 Å². The molecule has 2 rings (SSSR count). The van der Waals surface area contributed by atoms with Crippen molar-refractivity contribution in [3.8, 4) is 0 Å². The minimum atomic E-state index is -2.18. The van der Waals surface area contributed by atoms with E-state index in [2.05, 4.69) is 0 Å². The van der Waals surface area contributed by atoms with Crippen molar-refractivity contribution < 1.29 is 27.1 Å². The fourth-order valence-electron chi connectivity index (χ4n) is 2.61. The third-order valence-electron chi connectivity index (χ3n) is 3.73. The van der Waals surface area contributed by atoms with Crippen molar-refractivity contribution in [1.29, 1.82) is 0 Å². The number of hydrogen-bond acceptors (Lipinski definition) is 2. The number of halogens is 5. The number of rotatable bonds is 2. The molecular formula is C13H14F5NO. The number of aliphatic hydroxyl groups excluding tert-OH is 1. The molecule has 20 heavy (non-hydrogen) atoms. The second-order valence-corrected chi connectivity index (χ2v) is 4.95. The summed E-state index contributed by atoms with van der Waals surface area (Å²) in [5, 5.41) is 9.83. The summed E-state index contributed by atoms with van der Waals surface area (Å²) in [6.07, 6.45) is 1.50. The molecule has 2 atom stereocenters. The molecule has 1 aromatic rings. The van der Waals surface area contributed by atoms with Gasteiger partial charge in [-0.15, -0.1) is 0 Å². The Bertz CT molecular complexity index is 493. The standard InChI is InChI=1S/C13H14F5NO/c1-19(6-4-2-3-5-7(6)20)13-11(17)9(15)8(14)10(16)12(13)18/h6-7,20H,2-5H2,1H3. The largest absolute Gasteiger partial charge is 0.391 e. The summed E-state index contributed by atoms with van der Waals surface area (Å²) in [4.78, 5) is 0.945. The van der Waals surface area contributed by atoms with E-state index in [-0.39, 0.29) is 0 Å². The number of likely N-dealkylation sites (N-methyl/N-ethyl adjacent to an activating group) is 1. The van der Waals surface area contributed by atoms with Gasteiger partial charge in [-0.2, -0.15) is 0 Å². The van der Waals surface area contributed by atoms with Crippen molar-refractivity contribution >= 4 is 5.69 Å². The zero-order chi connectivity index (χ0) is 15.0. The normalized spacial score (nSPS) is 22.9. The lowest BCUT2D eigenvalue weighted by molar-refractivity contribution is 0.105. The van der Waals surface area contributed by atoms with Crippen LogP contribution in [0.15, 0.2) is 0 Å². The van der Waals surface area contributed by atoms with Gasteiger partial charge in [0.2, 0.25) is 5.82 Å². The molecule has 1 N–H and O–H groups in total. The molecule has 0 amide bonds. The minimum Gasteiger partial charge on any atom is -0.391 e. The molecule has 1 aromatic carbocycles. The number of hydrogen-bond donors (Lipinski definition) is 1. The minimum absolute atomic E-state index is 0.428. The van der Waals surface area contributed by atoms with Crippen molar-refractivity contribution in [2.24, 2.45) is 0 Å². The first kappa shape index (κ1) is 15.0. The average Bonchev–Trinajstić information content (AvgIpc) is 2.43. The van der Waals surface area contributed by atoms with Gasteiger partial charge in [0.25, 0.3) is 0 Å². The van der Waals surface area contributed by atoms with Gasteiger partial charge in [0.15, 0.2) is 23.3 Å². The monoisotopic (exact) mass is 295 g/mol. The maximum atomic E-state index is 13.7. The lowest BCUT2D eigenvalue weighted by atomic mass is 9.91. The van der Waals surface area contributed by atoms with E-state index < -0.39 is 46.9 Å². The summed E-state index contributed by atoms with van der Waals surface area (Å²) in [5.74, 6) is -9.88. The van der Waals surface area contributed by atoms with Gasteiger partial charge in [0, 0.05) is 7.05 Å². The first-order valence-electron chi connectivity index (χ1n) is 6.28. The van der Waals surface area contributed by atoms with Crippen LogP contribution in [0.1, 0.15) is 25.7 Å². The lowest BCUT2D eigenvalue weighted by Crippen LogP contribution is -2.44. The molecule has 1 saturated carbocycles. The fraction of sp³-hybridized carbons (Fsp3) is 0.538. The Hall–Kier alpha value is -1.37. The van der Waals surface area contributed by atoms with Crippen LogP contribution in [0, 0.1) is 29.1 Å². The molecule has 2 nitrogen and oxygen atoms in total. The van der Waals surface area contributed by atoms with Crippen LogP contribution in [0.3, 0.4) is 0 Å². The van der Waals surface area contributed by atoms with Gasteiger partial charge in [-0.1, -0.05) is 12.8 Å². The van der Waals surface area contributed by atoms with Crippen LogP contribution >= 0.6 is 0 Å². The van der Waals surface area contributed by atoms with Gasteiger partial charge < -0.3 is 10.0 Å². The van der Waals surface area contributed by atoms with Gasteiger partial charge >= 0.3 is 0 Å². The van der Waals surface area contributed by atoms with E-state index in [0.29, 0.717) is 12.8 Å². The van der Waals surface area contributed by atoms with E-state index >= 15 is 0 Å². The molecular weight excluding hydrogens is 281 g/mol. The Balaban J connectivity index is 2.46. The average molecular weight is 295 g/mol. The van der Waals surface area contributed by atoms with Crippen LogP contribution in [0.25, 0.3) is 0 Å². The zero-order valence-corrected chi connectivity index (χ0v) is 10.8. The van der Waals surface area contributed by atoms with E-state index in [1.807, 2.05) is 0 Å². The van der Waals surface area contributed by atoms with Crippen molar-refractivity contribution in [2.75, 3.05) is 11.9 Å². The SMILES string of the molecule is CN(c1c(F)c(F)c(F)c(F)c1F)C1CCCCC1O. The van der Waals surface area contributed by atoms with Crippen LogP contribution in [0.2, 0.25) is 0 Å². The van der Waals surface area contributed by atoms with Gasteiger partial charge in [0.05, 0.1) is 12.1 Å². The molecule has 0 aliphatic heterocycles. The molecule has 0 bridgehead atoms. The lowest BCUT2D eigenvalue weighted by Gasteiger charge is -2.36. The second kappa shape index (κ2) is 5.55. The number of aliphatic hydroxyl groups is 1. The Labute approximate surface area is 112 Å². The smallest absolute Gasteiger partial charge is 0.200 e. The van der Waals surface area contributed by atoms with E-state index in [0.717, 1.165) is 17.7 Å². The second-order valence-electron chi connectivity index (χ2n) is 4.95. The molecule has 1 fully saturated rings. The third-order valence-corrected chi connectivity index (χ3v) is 3.73. The Morgan fingerprint density at radius 1 is 0.850 bits per heavy atom. The van der Waals surface area contributed by atoms with Crippen molar-refractivity contribution in [2.45, 2.75) is 37.8 Å². The van der Waals surface area contributed by atoms with Crippen LogP contribution in [-0.4, -0.2) is 24.3 Å². The highest BCUT2D eigenvalue weighted by Gasteiger charge is 2.33. The van der Waals surface area contributed by atoms with Crippen molar-refractivity contribution in [3.63, 3.8) is 0 Å². The molecule has 0 radical (unpaired) electrons. The topological polar surface area (TPSA) is 23.5 Å². The van der Waals surface area contributed by atoms with E-state index in [9.17, 15) is 27.1 Å². The van der Waals surface area contributed by atoms with Crippen LogP contribution < -0.4 is 4.90 Å². The predicted molar refractivity (Wildman–Crippen MR) is 62.9 cm³/mol. The van der Waals surface area contributed by atoms with Crippen LogP contribution in [-0.2, 0) is 0 Å². The Morgan fingerprint density at radius 2 is 1.30 bits per heavy atom. The first-order valence-corrected chi connectivity index (χ1v) is 6.28. The van der Waals surface area contributed by atoms with Gasteiger partial charge in [0.1, 0.15) is 5.69 Å². The summed E-state index contributed by atoms with van der Waals surface area (Å²) in [5.41, 5.74) is -0.993. The summed E-state index contributed by atoms with van der Waals surface area (Å²) < 4.78 is 66.7. The molecule has 1 aliphatic rings. The molecule has 2 unspecified atom stereocenters. The zero-order valence-electron chi connectivity index (χ0n) is 10.8. The molecule has 0 saturated heterocycles. The molecule has 112 valence electrons. The predicted octanol–water partition coefficient (Wildman–Crippen LogP) is 3.12. The van der Waals surface area contributed by atoms with Crippen LogP contribution in [0.4, 0.5) is 27.6 Å². The van der Waals surface area contributed by atoms with E-state index in [1.54, 1.807) is 0 Å². The maximum Gasteiger partial charge on any atom is 0.200 e. The number of anilines is 1. The van der Waals surface area contributed by atoms with Gasteiger partial charge in [-0.25, -0.2) is 22.0 Å². The van der Waals surface area contributed by atoms with Crippen molar-refractivity contribution in [1.82, 2.24) is 0 Å². The summed E-state index contributed by atoms with van der Waals surface area (Å²) in [7, 11) is 1.22. The van der Waals surface area contributed by atoms with Gasteiger partial charge in [-0.05, 0) is 12.8 Å². The Kier molecular flexibility index (Phi) is 4.17. The number of benzene rings is 1. The van der Waals surface area contributed by atoms with Crippen molar-refractivity contribution in [3.05, 3.63) is 29.1 Å². The highest BCUT2D eigenvalue weighted by atomic mass is 19.2. The molecule has 7 heteroatoms. The Morgan fingerprint density at radius 3 is 1.80 bits per heavy atom. The fourth-order valence-corrected chi connectivity index (χ4v) is 2.61. The number of nitrogens with zero attached hydrogens (tertiary/aromatic N) is 1. The quantitative estimate of drug-likeness (QED) is 0.515. The summed E-state index contributed by atoms with van der Waals surface area (Å²) in [6, 6.07) is -0.669. The third kappa shape index (κ3) is 2.34. The highest BCUT2D eigenvalue weighted by molar-refractivity contribution is 5.51. The molecule has 1 aliphatic carbocycles. The molecule has 0 spiro atoms. The maximum absolute atomic E-state index is 13.7. The summed E-state index contributed by atoms with van der Waals surface area (Å²) in [6.45, 7) is 0. The van der Waals surface area contributed by atoms with Crippen LogP contribution in [0.5, 0.6) is 0 Å². The van der Waals surface area contributed by atoms with E-state index in [1.165, 1.54) is 7.05 Å². The molecule has 0 aromatic heterocycles. The summed E-state index contributed by atoms with van der Waals surface area (Å²) >= 11 is 0. The van der Waals surface area contributed by atoms with Gasteiger partial charge in [-0.3, -0.25) is 0 Å².